The third kappa shape index (κ3) is 2.17. The third-order valence-electron chi connectivity index (χ3n) is 2.98. The summed E-state index contributed by atoms with van der Waals surface area (Å²) < 4.78 is 6.31. The van der Waals surface area contributed by atoms with E-state index in [1.165, 1.54) is 6.20 Å². The fraction of sp³-hybridized carbons (Fsp3) is 0.500. The van der Waals surface area contributed by atoms with Crippen LogP contribution in [0, 0.1) is 11.3 Å². The van der Waals surface area contributed by atoms with Crippen LogP contribution in [0.25, 0.3) is 0 Å². The number of ether oxygens (including phenoxy) is 1. The number of nitrogens with two attached hydrogens (primary N) is 1. The highest BCUT2D eigenvalue weighted by Gasteiger charge is 2.49. The van der Waals surface area contributed by atoms with Crippen LogP contribution in [0.15, 0.2) is 11.0 Å². The van der Waals surface area contributed by atoms with Gasteiger partial charge in [0.15, 0.2) is 0 Å². The minimum absolute atomic E-state index is 0.0457. The van der Waals surface area contributed by atoms with Crippen LogP contribution in [0.5, 0.6) is 0 Å². The molecule has 0 saturated carbocycles. The molecule has 0 radical (unpaired) electrons. The van der Waals surface area contributed by atoms with Gasteiger partial charge in [0.05, 0.1) is 11.6 Å². The van der Waals surface area contributed by atoms with Crippen molar-refractivity contribution in [2.45, 2.75) is 24.4 Å². The zero-order valence-corrected chi connectivity index (χ0v) is 10.4. The van der Waals surface area contributed by atoms with Crippen LogP contribution < -0.4 is 11.4 Å². The van der Waals surface area contributed by atoms with E-state index in [0.29, 0.717) is 0 Å². The maximum Gasteiger partial charge on any atom is 0.351 e. The minimum atomic E-state index is -1.75. The van der Waals surface area contributed by atoms with E-state index < -0.39 is 30.2 Å². The SMILES string of the molecule is N#C[C@]1(CO)O[C@@H](n2cc(Cl)c(N)nc2=O)C[C@@H]1O. The highest BCUT2D eigenvalue weighted by atomic mass is 35.5. The molecule has 0 amide bonds. The van der Waals surface area contributed by atoms with E-state index in [9.17, 15) is 9.90 Å². The predicted octanol–water partition coefficient (Wildman–Crippen LogP) is -0.987. The van der Waals surface area contributed by atoms with Gasteiger partial charge in [-0.25, -0.2) is 4.79 Å². The van der Waals surface area contributed by atoms with E-state index in [4.69, 9.17) is 32.4 Å². The number of halogens is 1. The summed E-state index contributed by atoms with van der Waals surface area (Å²) in [5.74, 6) is -0.116. The highest BCUT2D eigenvalue weighted by molar-refractivity contribution is 6.32. The number of nitrogen functional groups attached to an aromatic ring is 1. The molecule has 1 fully saturated rings. The molecule has 1 aromatic heterocycles. The van der Waals surface area contributed by atoms with Crippen molar-refractivity contribution < 1.29 is 14.9 Å². The smallest absolute Gasteiger partial charge is 0.351 e. The Balaban J connectivity index is 2.39. The predicted molar refractivity (Wildman–Crippen MR) is 64.1 cm³/mol. The van der Waals surface area contributed by atoms with Gasteiger partial charge in [-0.05, 0) is 0 Å². The summed E-state index contributed by atoms with van der Waals surface area (Å²) in [5, 5.41) is 28.0. The lowest BCUT2D eigenvalue weighted by atomic mass is 10.00. The Kier molecular flexibility index (Phi) is 3.47. The Labute approximate surface area is 112 Å². The van der Waals surface area contributed by atoms with Crippen molar-refractivity contribution >= 4 is 17.4 Å². The van der Waals surface area contributed by atoms with Crippen LogP contribution >= 0.6 is 11.6 Å². The van der Waals surface area contributed by atoms with Crippen LogP contribution in [0.2, 0.25) is 5.02 Å². The Morgan fingerprint density at radius 1 is 1.79 bits per heavy atom. The van der Waals surface area contributed by atoms with E-state index in [1.54, 1.807) is 6.07 Å². The number of hydrogen-bond acceptors (Lipinski definition) is 7. The first-order valence-electron chi connectivity index (χ1n) is 5.35. The normalized spacial score (nSPS) is 30.2. The maximum atomic E-state index is 11.7. The molecule has 1 aliphatic rings. The quantitative estimate of drug-likeness (QED) is 0.635. The zero-order valence-electron chi connectivity index (χ0n) is 9.65. The monoisotopic (exact) mass is 286 g/mol. The molecular weight excluding hydrogens is 276 g/mol. The topological polar surface area (TPSA) is 134 Å². The number of aromatic nitrogens is 2. The van der Waals surface area contributed by atoms with Crippen molar-refractivity contribution in [2.75, 3.05) is 12.3 Å². The molecule has 0 spiro atoms. The maximum absolute atomic E-state index is 11.7. The van der Waals surface area contributed by atoms with Crippen molar-refractivity contribution in [3.05, 3.63) is 21.7 Å². The molecule has 0 aliphatic carbocycles. The first kappa shape index (κ1) is 13.8. The van der Waals surface area contributed by atoms with Crippen LogP contribution in [-0.4, -0.2) is 38.1 Å². The molecule has 8 nitrogen and oxygen atoms in total. The molecule has 1 saturated heterocycles. The van der Waals surface area contributed by atoms with Gasteiger partial charge in [0.2, 0.25) is 5.60 Å². The van der Waals surface area contributed by atoms with Crippen molar-refractivity contribution in [1.82, 2.24) is 9.55 Å². The molecular formula is C10H11ClN4O4. The Hall–Kier alpha value is -1.66. The summed E-state index contributed by atoms with van der Waals surface area (Å²) >= 11 is 5.76. The van der Waals surface area contributed by atoms with Crippen LogP contribution in [0.4, 0.5) is 5.82 Å². The van der Waals surface area contributed by atoms with Gasteiger partial charge in [0.1, 0.15) is 24.2 Å². The molecule has 1 aromatic rings. The van der Waals surface area contributed by atoms with Crippen LogP contribution in [0.3, 0.4) is 0 Å². The summed E-state index contributed by atoms with van der Waals surface area (Å²) in [4.78, 5) is 15.2. The second kappa shape index (κ2) is 4.79. The molecule has 19 heavy (non-hydrogen) atoms. The van der Waals surface area contributed by atoms with Gasteiger partial charge >= 0.3 is 5.69 Å². The lowest BCUT2D eigenvalue weighted by Crippen LogP contribution is -2.41. The number of rotatable bonds is 2. The van der Waals surface area contributed by atoms with E-state index in [-0.39, 0.29) is 17.3 Å². The number of aliphatic hydroxyl groups is 2. The number of hydrogen-bond donors (Lipinski definition) is 3. The van der Waals surface area contributed by atoms with E-state index in [0.717, 1.165) is 4.57 Å². The molecule has 0 aromatic carbocycles. The molecule has 0 bridgehead atoms. The van der Waals surface area contributed by atoms with E-state index in [1.807, 2.05) is 0 Å². The van der Waals surface area contributed by atoms with E-state index >= 15 is 0 Å². The summed E-state index contributed by atoms with van der Waals surface area (Å²) in [6.45, 7) is -0.688. The van der Waals surface area contributed by atoms with Gasteiger partial charge < -0.3 is 20.7 Å². The first-order valence-corrected chi connectivity index (χ1v) is 5.73. The lowest BCUT2D eigenvalue weighted by Gasteiger charge is -2.21. The second-order valence-corrected chi connectivity index (χ2v) is 4.55. The van der Waals surface area contributed by atoms with Crippen molar-refractivity contribution in [3.8, 4) is 6.07 Å². The van der Waals surface area contributed by atoms with Gasteiger partial charge in [-0.1, -0.05) is 11.6 Å². The van der Waals surface area contributed by atoms with E-state index in [2.05, 4.69) is 4.98 Å². The Morgan fingerprint density at radius 3 is 3.00 bits per heavy atom. The molecule has 4 N–H and O–H groups in total. The third-order valence-corrected chi connectivity index (χ3v) is 3.27. The minimum Gasteiger partial charge on any atom is -0.392 e. The van der Waals surface area contributed by atoms with Crippen LogP contribution in [-0.2, 0) is 4.74 Å². The molecule has 3 atom stereocenters. The zero-order chi connectivity index (χ0) is 14.2. The molecule has 1 aliphatic heterocycles. The lowest BCUT2D eigenvalue weighted by molar-refractivity contribution is -0.0924. The Morgan fingerprint density at radius 2 is 2.47 bits per heavy atom. The fourth-order valence-corrected chi connectivity index (χ4v) is 2.01. The fourth-order valence-electron chi connectivity index (χ4n) is 1.86. The number of anilines is 1. The molecule has 102 valence electrons. The van der Waals surface area contributed by atoms with Gasteiger partial charge in [0.25, 0.3) is 0 Å². The summed E-state index contributed by atoms with van der Waals surface area (Å²) in [5.41, 5.74) is 2.91. The highest BCUT2D eigenvalue weighted by Crippen LogP contribution is 2.35. The molecule has 2 heterocycles. The molecule has 9 heteroatoms. The average molecular weight is 287 g/mol. The largest absolute Gasteiger partial charge is 0.392 e. The number of aliphatic hydroxyl groups excluding tert-OH is 2. The second-order valence-electron chi connectivity index (χ2n) is 4.15. The summed E-state index contributed by atoms with van der Waals surface area (Å²) in [6.07, 6.45) is -1.000. The average Bonchev–Trinajstić information content (AvgIpc) is 2.71. The van der Waals surface area contributed by atoms with Gasteiger partial charge in [-0.15, -0.1) is 0 Å². The van der Waals surface area contributed by atoms with Crippen molar-refractivity contribution in [1.29, 1.82) is 5.26 Å². The van der Waals surface area contributed by atoms with Gasteiger partial charge in [0, 0.05) is 12.6 Å². The van der Waals surface area contributed by atoms with Crippen molar-refractivity contribution in [3.63, 3.8) is 0 Å². The number of nitrogens with zero attached hydrogens (tertiary/aromatic N) is 3. The van der Waals surface area contributed by atoms with Crippen molar-refractivity contribution in [2.24, 2.45) is 0 Å². The number of nitriles is 1. The molecule has 2 rings (SSSR count). The Bertz CT molecular complexity index is 598. The standard InChI is InChI=1S/C10H11ClN4O4/c11-5-2-15(9(18)14-8(5)13)7-1-6(17)10(3-12,4-16)19-7/h2,6-7,16-17H,1,4H2,(H2,13,14,18)/t6-,7+,10+/m0/s1. The van der Waals surface area contributed by atoms with Gasteiger partial charge in [-0.3, -0.25) is 4.57 Å². The van der Waals surface area contributed by atoms with Gasteiger partial charge in [-0.2, -0.15) is 10.2 Å². The summed E-state index contributed by atoms with van der Waals surface area (Å²) in [6, 6.07) is 1.71. The molecule has 0 unspecified atom stereocenters. The first-order chi connectivity index (χ1) is 8.93. The van der Waals surface area contributed by atoms with Crippen LogP contribution in [0.1, 0.15) is 12.6 Å². The summed E-state index contributed by atoms with van der Waals surface area (Å²) in [7, 11) is 0.